The van der Waals surface area contributed by atoms with Gasteiger partial charge >= 0.3 is 5.97 Å². The number of hydrogen-bond acceptors (Lipinski definition) is 5. The first-order valence-electron chi connectivity index (χ1n) is 10.3. The van der Waals surface area contributed by atoms with E-state index in [4.69, 9.17) is 4.74 Å². The molecule has 6 nitrogen and oxygen atoms in total. The summed E-state index contributed by atoms with van der Waals surface area (Å²) in [6.45, 7) is 3.48. The van der Waals surface area contributed by atoms with Crippen molar-refractivity contribution in [3.63, 3.8) is 0 Å². The number of carboxylic acid groups (broad SMARTS) is 1. The summed E-state index contributed by atoms with van der Waals surface area (Å²) in [6.07, 6.45) is 4.81. The molecule has 1 aromatic carbocycles. The molecule has 1 aliphatic heterocycles. The lowest BCUT2D eigenvalue weighted by atomic mass is 9.78. The first kappa shape index (κ1) is 19.9. The van der Waals surface area contributed by atoms with Crippen LogP contribution in [-0.4, -0.2) is 55.5 Å². The normalized spacial score (nSPS) is 23.0. The van der Waals surface area contributed by atoms with Crippen LogP contribution in [0.15, 0.2) is 48.7 Å². The molecule has 29 heavy (non-hydrogen) atoms. The summed E-state index contributed by atoms with van der Waals surface area (Å²) in [5, 5.41) is 13.0. The van der Waals surface area contributed by atoms with Crippen LogP contribution in [0.5, 0.6) is 0 Å². The van der Waals surface area contributed by atoms with Crippen LogP contribution in [-0.2, 0) is 4.74 Å². The molecular formula is C23H29N3O3. The van der Waals surface area contributed by atoms with Crippen LogP contribution in [0.1, 0.15) is 41.2 Å². The van der Waals surface area contributed by atoms with Crippen molar-refractivity contribution < 1.29 is 14.6 Å². The van der Waals surface area contributed by atoms with Gasteiger partial charge in [0.2, 0.25) is 0 Å². The molecule has 0 unspecified atom stereocenters. The second kappa shape index (κ2) is 8.51. The molecule has 2 aromatic rings. The Bertz CT molecular complexity index is 834. The molecule has 2 N–H and O–H groups in total. The molecule has 4 rings (SSSR count). The van der Waals surface area contributed by atoms with E-state index in [9.17, 15) is 9.90 Å². The van der Waals surface area contributed by atoms with Crippen molar-refractivity contribution in [2.75, 3.05) is 38.3 Å². The zero-order chi connectivity index (χ0) is 20.3. The van der Waals surface area contributed by atoms with Gasteiger partial charge in [-0.15, -0.1) is 0 Å². The molecule has 0 spiro atoms. The Kier molecular flexibility index (Phi) is 5.83. The molecule has 0 radical (unpaired) electrons. The maximum absolute atomic E-state index is 11.2. The second-order valence-corrected chi connectivity index (χ2v) is 8.36. The van der Waals surface area contributed by atoms with Crippen molar-refractivity contribution in [2.24, 2.45) is 5.41 Å². The van der Waals surface area contributed by atoms with E-state index in [0.29, 0.717) is 12.0 Å². The number of carboxylic acids is 1. The molecular weight excluding hydrogens is 366 g/mol. The average Bonchev–Trinajstić information content (AvgIpc) is 3.54. The van der Waals surface area contributed by atoms with Crippen molar-refractivity contribution in [1.29, 1.82) is 0 Å². The largest absolute Gasteiger partial charge is 0.477 e. The first-order valence-corrected chi connectivity index (χ1v) is 10.3. The Labute approximate surface area is 171 Å². The monoisotopic (exact) mass is 395 g/mol. The van der Waals surface area contributed by atoms with Crippen molar-refractivity contribution in [2.45, 2.75) is 31.2 Å². The Morgan fingerprint density at radius 3 is 2.72 bits per heavy atom. The van der Waals surface area contributed by atoms with E-state index < -0.39 is 5.97 Å². The van der Waals surface area contributed by atoms with Gasteiger partial charge in [-0.1, -0.05) is 30.3 Å². The Morgan fingerprint density at radius 2 is 2.03 bits per heavy atom. The van der Waals surface area contributed by atoms with Gasteiger partial charge in [0.1, 0.15) is 5.69 Å². The van der Waals surface area contributed by atoms with Gasteiger partial charge in [-0.05, 0) is 37.0 Å². The quantitative estimate of drug-likeness (QED) is 0.715. The highest BCUT2D eigenvalue weighted by Gasteiger charge is 2.41. The average molecular weight is 396 g/mol. The van der Waals surface area contributed by atoms with E-state index in [2.05, 4.69) is 45.5 Å². The summed E-state index contributed by atoms with van der Waals surface area (Å²) in [5.74, 6) is -0.360. The number of hydrogen-bond donors (Lipinski definition) is 2. The predicted molar refractivity (Wildman–Crippen MR) is 113 cm³/mol. The third-order valence-corrected chi connectivity index (χ3v) is 6.36. The summed E-state index contributed by atoms with van der Waals surface area (Å²) in [6, 6.07) is 14.8. The predicted octanol–water partition coefficient (Wildman–Crippen LogP) is 3.16. The van der Waals surface area contributed by atoms with Gasteiger partial charge in [0.25, 0.3) is 0 Å². The van der Waals surface area contributed by atoms with Gasteiger partial charge in [0.15, 0.2) is 0 Å². The maximum Gasteiger partial charge on any atom is 0.354 e. The van der Waals surface area contributed by atoms with E-state index in [1.165, 1.54) is 12.0 Å². The van der Waals surface area contributed by atoms with Gasteiger partial charge in [0.05, 0.1) is 6.61 Å². The Morgan fingerprint density at radius 1 is 1.28 bits per heavy atom. The number of aromatic nitrogens is 1. The molecule has 1 aliphatic carbocycles. The summed E-state index contributed by atoms with van der Waals surface area (Å²) in [4.78, 5) is 17.4. The maximum atomic E-state index is 11.2. The van der Waals surface area contributed by atoms with Crippen LogP contribution in [0.4, 0.5) is 5.69 Å². The third kappa shape index (κ3) is 4.60. The number of nitrogens with one attached hydrogen (secondary N) is 1. The highest BCUT2D eigenvalue weighted by Crippen LogP contribution is 2.42. The molecule has 2 heterocycles. The number of rotatable bonds is 8. The van der Waals surface area contributed by atoms with Gasteiger partial charge in [-0.3, -0.25) is 0 Å². The molecule has 1 saturated carbocycles. The minimum atomic E-state index is -0.987. The zero-order valence-corrected chi connectivity index (χ0v) is 16.9. The summed E-state index contributed by atoms with van der Waals surface area (Å²) < 4.78 is 5.59. The van der Waals surface area contributed by atoms with Crippen molar-refractivity contribution in [1.82, 2.24) is 10.3 Å². The van der Waals surface area contributed by atoms with E-state index >= 15 is 0 Å². The Hall–Kier alpha value is -2.44. The number of benzene rings is 1. The molecule has 0 bridgehead atoms. The number of carbonyl (C=O) groups is 1. The van der Waals surface area contributed by atoms with Crippen molar-refractivity contribution in [3.8, 4) is 0 Å². The molecule has 1 saturated heterocycles. The number of methoxy groups -OCH3 is 1. The summed E-state index contributed by atoms with van der Waals surface area (Å²) in [5.41, 5.74) is 2.58. The van der Waals surface area contributed by atoms with Gasteiger partial charge < -0.3 is 20.1 Å². The molecule has 2 aliphatic rings. The van der Waals surface area contributed by atoms with E-state index in [-0.39, 0.29) is 11.1 Å². The van der Waals surface area contributed by atoms with Crippen LogP contribution >= 0.6 is 0 Å². The van der Waals surface area contributed by atoms with Crippen LogP contribution in [0.3, 0.4) is 0 Å². The number of aromatic carboxylic acids is 1. The lowest BCUT2D eigenvalue weighted by molar-refractivity contribution is 0.0582. The lowest BCUT2D eigenvalue weighted by Gasteiger charge is -2.42. The highest BCUT2D eigenvalue weighted by atomic mass is 16.5. The first-order chi connectivity index (χ1) is 14.1. The zero-order valence-electron chi connectivity index (χ0n) is 16.9. The fourth-order valence-corrected chi connectivity index (χ4v) is 4.49. The number of nitrogens with zero attached hydrogens (tertiary/aromatic N) is 2. The minimum absolute atomic E-state index is 0.0959. The third-order valence-electron chi connectivity index (χ3n) is 6.36. The number of ether oxygens (including phenoxy) is 1. The fraction of sp³-hybridized carbons (Fsp3) is 0.478. The van der Waals surface area contributed by atoms with E-state index in [0.717, 1.165) is 44.8 Å². The number of pyridine rings is 1. The van der Waals surface area contributed by atoms with Gasteiger partial charge in [-0.2, -0.15) is 0 Å². The minimum Gasteiger partial charge on any atom is -0.477 e. The van der Waals surface area contributed by atoms with Crippen molar-refractivity contribution >= 4 is 11.7 Å². The van der Waals surface area contributed by atoms with E-state index in [1.54, 1.807) is 19.4 Å². The van der Waals surface area contributed by atoms with Crippen LogP contribution in [0.25, 0.3) is 0 Å². The molecule has 154 valence electrons. The SMILES string of the molecule is COCC1(CN[C@@H]2C[C@H]2c2ccccc2)CCN(c2ccnc(C(=O)O)c2)CC1. The van der Waals surface area contributed by atoms with E-state index in [1.807, 2.05) is 6.07 Å². The smallest absolute Gasteiger partial charge is 0.354 e. The fourth-order valence-electron chi connectivity index (χ4n) is 4.49. The second-order valence-electron chi connectivity index (χ2n) is 8.36. The number of piperidine rings is 1. The lowest BCUT2D eigenvalue weighted by Crippen LogP contribution is -2.48. The number of anilines is 1. The van der Waals surface area contributed by atoms with Crippen LogP contribution < -0.4 is 10.2 Å². The molecule has 1 aromatic heterocycles. The van der Waals surface area contributed by atoms with Crippen LogP contribution in [0, 0.1) is 5.41 Å². The standard InChI is InChI=1S/C23H29N3O3/c1-29-16-23(15-25-20-14-19(20)17-5-3-2-4-6-17)8-11-26(12-9-23)18-7-10-24-21(13-18)22(27)28/h2-7,10,13,19-20,25H,8-9,11-12,14-16H2,1H3,(H,27,28)/t19-,20+/m0/s1. The summed E-state index contributed by atoms with van der Waals surface area (Å²) >= 11 is 0. The molecule has 0 amide bonds. The van der Waals surface area contributed by atoms with Gasteiger partial charge in [-0.25, -0.2) is 9.78 Å². The van der Waals surface area contributed by atoms with Gasteiger partial charge in [0, 0.05) is 56.0 Å². The van der Waals surface area contributed by atoms with Crippen molar-refractivity contribution in [3.05, 3.63) is 59.9 Å². The highest BCUT2D eigenvalue weighted by molar-refractivity contribution is 5.86. The summed E-state index contributed by atoms with van der Waals surface area (Å²) in [7, 11) is 1.78. The topological polar surface area (TPSA) is 74.7 Å². The molecule has 6 heteroatoms. The Balaban J connectivity index is 1.34. The van der Waals surface area contributed by atoms with Crippen LogP contribution in [0.2, 0.25) is 0 Å². The molecule has 2 fully saturated rings. The molecule has 2 atom stereocenters.